The molecule has 96 valence electrons. The summed E-state index contributed by atoms with van der Waals surface area (Å²) in [5.74, 6) is 6.04. The van der Waals surface area contributed by atoms with Crippen molar-refractivity contribution >= 4 is 0 Å². The molecule has 0 amide bonds. The topological polar surface area (TPSA) is 66.2 Å². The van der Waals surface area contributed by atoms with Crippen LogP contribution in [-0.4, -0.2) is 71.0 Å². The van der Waals surface area contributed by atoms with Crippen molar-refractivity contribution in [3.8, 4) is 0 Å². The highest BCUT2D eigenvalue weighted by molar-refractivity contribution is 5.00. The number of hydrogen-bond acceptors (Lipinski definition) is 6. The van der Waals surface area contributed by atoms with Crippen molar-refractivity contribution in [2.45, 2.75) is 24.3 Å². The minimum Gasteiger partial charge on any atom is -0.383 e. The maximum Gasteiger partial charge on any atom is 0.104 e. The minimum atomic E-state index is -0.102. The van der Waals surface area contributed by atoms with E-state index >= 15 is 0 Å². The summed E-state index contributed by atoms with van der Waals surface area (Å²) in [6.45, 7) is 1.02. The van der Waals surface area contributed by atoms with Crippen LogP contribution in [0.2, 0.25) is 0 Å². The average molecular weight is 234 g/mol. The third-order valence-electron chi connectivity index (χ3n) is 3.07. The number of rotatable bonds is 6. The average Bonchev–Trinajstić information content (AvgIpc) is 2.54. The SMILES string of the molecule is COC[C@H]1[C@@H](OC)[C@H](OC)[C@H](COC)N1N. The number of hydrogen-bond donors (Lipinski definition) is 1. The third-order valence-corrected chi connectivity index (χ3v) is 3.07. The summed E-state index contributed by atoms with van der Waals surface area (Å²) in [6.07, 6.45) is -0.204. The van der Waals surface area contributed by atoms with Crippen LogP contribution >= 0.6 is 0 Å². The quantitative estimate of drug-likeness (QED) is 0.609. The highest BCUT2D eigenvalue weighted by atomic mass is 16.5. The van der Waals surface area contributed by atoms with Crippen LogP contribution in [-0.2, 0) is 18.9 Å². The predicted molar refractivity (Wildman–Crippen MR) is 58.9 cm³/mol. The monoisotopic (exact) mass is 234 g/mol. The van der Waals surface area contributed by atoms with E-state index in [1.54, 1.807) is 33.4 Å². The van der Waals surface area contributed by atoms with E-state index in [-0.39, 0.29) is 24.3 Å². The zero-order chi connectivity index (χ0) is 12.1. The number of nitrogens with zero attached hydrogens (tertiary/aromatic N) is 1. The number of hydrazine groups is 1. The van der Waals surface area contributed by atoms with Crippen LogP contribution in [0.1, 0.15) is 0 Å². The van der Waals surface area contributed by atoms with Gasteiger partial charge in [-0.25, -0.2) is 5.01 Å². The van der Waals surface area contributed by atoms with Crippen molar-refractivity contribution in [1.29, 1.82) is 0 Å². The van der Waals surface area contributed by atoms with Gasteiger partial charge in [0.2, 0.25) is 0 Å². The molecule has 1 rings (SSSR count). The van der Waals surface area contributed by atoms with Crippen molar-refractivity contribution in [3.63, 3.8) is 0 Å². The first-order valence-electron chi connectivity index (χ1n) is 5.27. The Bertz CT molecular complexity index is 181. The first-order chi connectivity index (χ1) is 7.71. The summed E-state index contributed by atoms with van der Waals surface area (Å²) in [5.41, 5.74) is 0. The van der Waals surface area contributed by atoms with Crippen LogP contribution in [0.25, 0.3) is 0 Å². The lowest BCUT2D eigenvalue weighted by Gasteiger charge is -2.24. The van der Waals surface area contributed by atoms with E-state index in [4.69, 9.17) is 24.8 Å². The summed E-state index contributed by atoms with van der Waals surface area (Å²) in [7, 11) is 6.60. The second-order valence-corrected chi connectivity index (χ2v) is 3.89. The van der Waals surface area contributed by atoms with Gasteiger partial charge in [0.1, 0.15) is 12.2 Å². The van der Waals surface area contributed by atoms with E-state index < -0.39 is 0 Å². The van der Waals surface area contributed by atoms with E-state index in [0.717, 1.165) is 0 Å². The first-order valence-corrected chi connectivity index (χ1v) is 5.27. The maximum atomic E-state index is 6.04. The van der Waals surface area contributed by atoms with Gasteiger partial charge in [0.25, 0.3) is 0 Å². The van der Waals surface area contributed by atoms with Gasteiger partial charge in [-0.3, -0.25) is 5.84 Å². The Morgan fingerprint density at radius 2 is 1.25 bits per heavy atom. The van der Waals surface area contributed by atoms with Crippen LogP contribution in [0.5, 0.6) is 0 Å². The molecule has 0 aliphatic carbocycles. The molecule has 1 aliphatic heterocycles. The van der Waals surface area contributed by atoms with Crippen LogP contribution in [0.4, 0.5) is 0 Å². The van der Waals surface area contributed by atoms with E-state index in [1.165, 1.54) is 0 Å². The fraction of sp³-hybridized carbons (Fsp3) is 1.00. The zero-order valence-corrected chi connectivity index (χ0v) is 10.4. The number of methoxy groups -OCH3 is 4. The summed E-state index contributed by atoms with van der Waals surface area (Å²) in [4.78, 5) is 0. The molecule has 1 aliphatic rings. The molecule has 6 heteroatoms. The van der Waals surface area contributed by atoms with Gasteiger partial charge in [-0.05, 0) is 0 Å². The molecule has 0 spiro atoms. The molecule has 0 aromatic carbocycles. The molecule has 0 aromatic heterocycles. The summed E-state index contributed by atoms with van der Waals surface area (Å²) in [5, 5.41) is 1.72. The number of nitrogens with two attached hydrogens (primary N) is 1. The Hall–Kier alpha value is -0.240. The van der Waals surface area contributed by atoms with Gasteiger partial charge in [0.05, 0.1) is 25.3 Å². The lowest BCUT2D eigenvalue weighted by molar-refractivity contribution is -0.0418. The highest BCUT2D eigenvalue weighted by Crippen LogP contribution is 2.26. The lowest BCUT2D eigenvalue weighted by Crippen LogP contribution is -2.48. The Labute approximate surface area is 96.5 Å². The van der Waals surface area contributed by atoms with Crippen LogP contribution in [0, 0.1) is 0 Å². The molecule has 6 nitrogen and oxygen atoms in total. The molecule has 4 atom stereocenters. The van der Waals surface area contributed by atoms with Crippen molar-refractivity contribution in [2.75, 3.05) is 41.7 Å². The standard InChI is InChI=1S/C10H22N2O4/c1-13-5-7-9(15-3)10(16-4)8(6-14-2)12(7)11/h7-10H,5-6,11H2,1-4H3/t7-,8-,9+,10+/m0/s1. The molecule has 16 heavy (non-hydrogen) atoms. The van der Waals surface area contributed by atoms with Gasteiger partial charge < -0.3 is 18.9 Å². The smallest absolute Gasteiger partial charge is 0.104 e. The van der Waals surface area contributed by atoms with Crippen molar-refractivity contribution in [3.05, 3.63) is 0 Å². The molecular weight excluding hydrogens is 212 g/mol. The van der Waals surface area contributed by atoms with E-state index in [0.29, 0.717) is 13.2 Å². The Kier molecular flexibility index (Phi) is 5.60. The van der Waals surface area contributed by atoms with Gasteiger partial charge in [0, 0.05) is 28.4 Å². The predicted octanol–water partition coefficient (Wildman–Crippen LogP) is -0.764. The van der Waals surface area contributed by atoms with Crippen molar-refractivity contribution < 1.29 is 18.9 Å². The molecule has 1 fully saturated rings. The highest BCUT2D eigenvalue weighted by Gasteiger charge is 2.48. The largest absolute Gasteiger partial charge is 0.383 e. The number of ether oxygens (including phenoxy) is 4. The molecule has 0 radical (unpaired) electrons. The van der Waals surface area contributed by atoms with E-state index in [1.807, 2.05) is 0 Å². The Morgan fingerprint density at radius 3 is 1.50 bits per heavy atom. The van der Waals surface area contributed by atoms with Crippen molar-refractivity contribution in [2.24, 2.45) is 5.84 Å². The van der Waals surface area contributed by atoms with Crippen LogP contribution < -0.4 is 5.84 Å². The lowest BCUT2D eigenvalue weighted by atomic mass is 10.1. The molecule has 0 unspecified atom stereocenters. The van der Waals surface area contributed by atoms with Gasteiger partial charge in [-0.1, -0.05) is 0 Å². The van der Waals surface area contributed by atoms with Gasteiger partial charge >= 0.3 is 0 Å². The van der Waals surface area contributed by atoms with Gasteiger partial charge in [-0.2, -0.15) is 0 Å². The van der Waals surface area contributed by atoms with E-state index in [2.05, 4.69) is 0 Å². The molecule has 2 N–H and O–H groups in total. The van der Waals surface area contributed by atoms with E-state index in [9.17, 15) is 0 Å². The molecule has 1 saturated heterocycles. The molecule has 0 bridgehead atoms. The maximum absolute atomic E-state index is 6.04. The first kappa shape index (κ1) is 13.8. The summed E-state index contributed by atoms with van der Waals surface area (Å²) >= 11 is 0. The van der Waals surface area contributed by atoms with Gasteiger partial charge in [-0.15, -0.1) is 0 Å². The fourth-order valence-corrected chi connectivity index (χ4v) is 2.31. The third kappa shape index (κ3) is 2.53. The second kappa shape index (κ2) is 6.48. The second-order valence-electron chi connectivity index (χ2n) is 3.89. The van der Waals surface area contributed by atoms with Crippen LogP contribution in [0.3, 0.4) is 0 Å². The zero-order valence-electron chi connectivity index (χ0n) is 10.4. The summed E-state index contributed by atoms with van der Waals surface area (Å²) < 4.78 is 21.2. The molecular formula is C10H22N2O4. The Balaban J connectivity index is 2.79. The normalized spacial score (nSPS) is 35.8. The summed E-state index contributed by atoms with van der Waals surface area (Å²) in [6, 6.07) is -0.0276. The Morgan fingerprint density at radius 1 is 0.875 bits per heavy atom. The van der Waals surface area contributed by atoms with Crippen LogP contribution in [0.15, 0.2) is 0 Å². The molecule has 1 heterocycles. The molecule has 0 aromatic rings. The molecule has 0 saturated carbocycles. The fourth-order valence-electron chi connectivity index (χ4n) is 2.31. The van der Waals surface area contributed by atoms with Gasteiger partial charge in [0.15, 0.2) is 0 Å². The minimum absolute atomic E-state index is 0.0138. The van der Waals surface area contributed by atoms with Crippen molar-refractivity contribution in [1.82, 2.24) is 5.01 Å².